The molecule has 1 aliphatic rings. The molecule has 5 heteroatoms. The number of nitrogens with zero attached hydrogens (tertiary/aromatic N) is 2. The van der Waals surface area contributed by atoms with E-state index in [9.17, 15) is 4.79 Å². The maximum Gasteiger partial charge on any atom is 0.260 e. The van der Waals surface area contributed by atoms with Crippen molar-refractivity contribution in [2.45, 2.75) is 12.8 Å². The molecule has 2 rings (SSSR count). The molecule has 0 bridgehead atoms. The monoisotopic (exact) mass is 284 g/mol. The Balaban J connectivity index is 1.84. The van der Waals surface area contributed by atoms with Crippen molar-refractivity contribution in [1.29, 1.82) is 0 Å². The number of hydrogen-bond acceptors (Lipinski definition) is 3. The lowest BCUT2D eigenvalue weighted by Gasteiger charge is -2.15. The number of ether oxygens (including phenoxy) is 1. The third kappa shape index (κ3) is 2.95. The van der Waals surface area contributed by atoms with E-state index < -0.39 is 0 Å². The summed E-state index contributed by atoms with van der Waals surface area (Å²) in [5, 5.41) is 0. The van der Waals surface area contributed by atoms with Gasteiger partial charge in [0.25, 0.3) is 5.91 Å². The molecule has 0 aliphatic carbocycles. The predicted molar refractivity (Wildman–Crippen MR) is 63.2 cm³/mol. The summed E-state index contributed by atoms with van der Waals surface area (Å²) in [7, 11) is 0. The quantitative estimate of drug-likeness (QED) is 0.851. The Morgan fingerprint density at radius 1 is 1.44 bits per heavy atom. The van der Waals surface area contributed by atoms with E-state index in [1.54, 1.807) is 18.5 Å². The Labute approximate surface area is 103 Å². The fourth-order valence-corrected chi connectivity index (χ4v) is 2.02. The minimum Gasteiger partial charge on any atom is -0.482 e. The largest absolute Gasteiger partial charge is 0.482 e. The molecule has 86 valence electrons. The Hall–Kier alpha value is -1.10. The van der Waals surface area contributed by atoms with Gasteiger partial charge in [0.2, 0.25) is 0 Å². The number of carbonyl (C=O) groups is 1. The maximum absolute atomic E-state index is 11.7. The molecule has 1 fully saturated rings. The highest BCUT2D eigenvalue weighted by Crippen LogP contribution is 2.16. The third-order valence-corrected chi connectivity index (χ3v) is 2.93. The summed E-state index contributed by atoms with van der Waals surface area (Å²) in [4.78, 5) is 17.5. The second-order valence-electron chi connectivity index (χ2n) is 3.72. The Morgan fingerprint density at radius 2 is 2.19 bits per heavy atom. The van der Waals surface area contributed by atoms with Gasteiger partial charge in [-0.05, 0) is 34.8 Å². The molecular formula is C11H13BrN2O2. The molecule has 4 nitrogen and oxygen atoms in total. The topological polar surface area (TPSA) is 42.4 Å². The first kappa shape index (κ1) is 11.4. The molecule has 0 unspecified atom stereocenters. The van der Waals surface area contributed by atoms with Crippen LogP contribution in [0.5, 0.6) is 5.75 Å². The standard InChI is InChI=1S/C11H13BrN2O2/c12-9-5-10(7-13-6-9)16-8-11(15)14-3-1-2-4-14/h5-7H,1-4,8H2. The number of aromatic nitrogens is 1. The van der Waals surface area contributed by atoms with Crippen LogP contribution in [0.3, 0.4) is 0 Å². The van der Waals surface area contributed by atoms with Crippen LogP contribution in [0.1, 0.15) is 12.8 Å². The van der Waals surface area contributed by atoms with Crippen LogP contribution in [-0.4, -0.2) is 35.5 Å². The van der Waals surface area contributed by atoms with E-state index in [2.05, 4.69) is 20.9 Å². The highest BCUT2D eigenvalue weighted by atomic mass is 79.9. The molecule has 1 aliphatic heterocycles. The van der Waals surface area contributed by atoms with Crippen molar-refractivity contribution in [1.82, 2.24) is 9.88 Å². The van der Waals surface area contributed by atoms with Gasteiger partial charge in [0, 0.05) is 23.8 Å². The van der Waals surface area contributed by atoms with Crippen LogP contribution in [0.25, 0.3) is 0 Å². The number of amides is 1. The first-order valence-electron chi connectivity index (χ1n) is 5.27. The van der Waals surface area contributed by atoms with E-state index >= 15 is 0 Å². The van der Waals surface area contributed by atoms with Crippen molar-refractivity contribution in [2.24, 2.45) is 0 Å². The summed E-state index contributed by atoms with van der Waals surface area (Å²) in [6.45, 7) is 1.82. The Morgan fingerprint density at radius 3 is 2.88 bits per heavy atom. The van der Waals surface area contributed by atoms with Crippen LogP contribution < -0.4 is 4.74 Å². The fourth-order valence-electron chi connectivity index (χ4n) is 1.67. The second-order valence-corrected chi connectivity index (χ2v) is 4.63. The van der Waals surface area contributed by atoms with Gasteiger partial charge in [-0.15, -0.1) is 0 Å². The van der Waals surface area contributed by atoms with Gasteiger partial charge in [0.05, 0.1) is 6.20 Å². The molecule has 0 saturated carbocycles. The number of rotatable bonds is 3. The molecule has 1 aromatic rings. The number of halogens is 1. The third-order valence-electron chi connectivity index (χ3n) is 2.50. The van der Waals surface area contributed by atoms with Crippen molar-refractivity contribution >= 4 is 21.8 Å². The van der Waals surface area contributed by atoms with Gasteiger partial charge in [-0.1, -0.05) is 0 Å². The van der Waals surface area contributed by atoms with E-state index in [4.69, 9.17) is 4.74 Å². The van der Waals surface area contributed by atoms with Crippen LogP contribution in [0.2, 0.25) is 0 Å². The van der Waals surface area contributed by atoms with Crippen LogP contribution >= 0.6 is 15.9 Å². The molecule has 0 spiro atoms. The Kier molecular flexibility index (Phi) is 3.77. The lowest BCUT2D eigenvalue weighted by Crippen LogP contribution is -2.32. The van der Waals surface area contributed by atoms with Crippen LogP contribution in [0, 0.1) is 0 Å². The van der Waals surface area contributed by atoms with E-state index in [1.165, 1.54) is 0 Å². The summed E-state index contributed by atoms with van der Waals surface area (Å²) in [6, 6.07) is 1.80. The Bertz CT molecular complexity index is 378. The van der Waals surface area contributed by atoms with Crippen molar-refractivity contribution < 1.29 is 9.53 Å². The minimum atomic E-state index is 0.0532. The highest BCUT2D eigenvalue weighted by molar-refractivity contribution is 9.10. The SMILES string of the molecule is O=C(COc1cncc(Br)c1)N1CCCC1. The molecule has 2 heterocycles. The molecule has 1 amide bonds. The van der Waals surface area contributed by atoms with Crippen LogP contribution in [0.15, 0.2) is 22.9 Å². The lowest BCUT2D eigenvalue weighted by atomic mass is 10.4. The zero-order valence-corrected chi connectivity index (χ0v) is 10.4. The smallest absolute Gasteiger partial charge is 0.260 e. The summed E-state index contributed by atoms with van der Waals surface area (Å²) in [6.07, 6.45) is 5.48. The average Bonchev–Trinajstić information content (AvgIpc) is 2.79. The highest BCUT2D eigenvalue weighted by Gasteiger charge is 2.17. The number of pyridine rings is 1. The predicted octanol–water partition coefficient (Wildman–Crippen LogP) is 1.85. The van der Waals surface area contributed by atoms with Crippen molar-refractivity contribution in [3.63, 3.8) is 0 Å². The second kappa shape index (κ2) is 5.30. The van der Waals surface area contributed by atoms with E-state index in [0.717, 1.165) is 30.4 Å². The first-order chi connectivity index (χ1) is 7.75. The minimum absolute atomic E-state index is 0.0532. The fraction of sp³-hybridized carbons (Fsp3) is 0.455. The molecule has 0 atom stereocenters. The maximum atomic E-state index is 11.7. The summed E-state index contributed by atoms with van der Waals surface area (Å²) in [5.41, 5.74) is 0. The first-order valence-corrected chi connectivity index (χ1v) is 6.06. The summed E-state index contributed by atoms with van der Waals surface area (Å²) < 4.78 is 6.22. The van der Waals surface area contributed by atoms with Crippen LogP contribution in [0.4, 0.5) is 0 Å². The molecule has 0 radical (unpaired) electrons. The normalized spacial score (nSPS) is 15.2. The van der Waals surface area contributed by atoms with Gasteiger partial charge >= 0.3 is 0 Å². The zero-order valence-electron chi connectivity index (χ0n) is 8.86. The van der Waals surface area contributed by atoms with E-state index in [-0.39, 0.29) is 12.5 Å². The van der Waals surface area contributed by atoms with Gasteiger partial charge < -0.3 is 9.64 Å². The van der Waals surface area contributed by atoms with Crippen molar-refractivity contribution in [3.8, 4) is 5.75 Å². The van der Waals surface area contributed by atoms with E-state index in [0.29, 0.717) is 5.75 Å². The average molecular weight is 285 g/mol. The molecular weight excluding hydrogens is 272 g/mol. The summed E-state index contributed by atoms with van der Waals surface area (Å²) in [5.74, 6) is 0.666. The molecule has 1 saturated heterocycles. The van der Waals surface area contributed by atoms with Gasteiger partial charge in [0.1, 0.15) is 5.75 Å². The van der Waals surface area contributed by atoms with Crippen molar-refractivity contribution in [2.75, 3.05) is 19.7 Å². The van der Waals surface area contributed by atoms with Gasteiger partial charge in [-0.3, -0.25) is 9.78 Å². The van der Waals surface area contributed by atoms with Crippen molar-refractivity contribution in [3.05, 3.63) is 22.9 Å². The summed E-state index contributed by atoms with van der Waals surface area (Å²) >= 11 is 3.30. The zero-order chi connectivity index (χ0) is 11.4. The molecule has 1 aromatic heterocycles. The lowest BCUT2D eigenvalue weighted by molar-refractivity contribution is -0.132. The van der Waals surface area contributed by atoms with Gasteiger partial charge in [-0.2, -0.15) is 0 Å². The number of carbonyl (C=O) groups excluding carboxylic acids is 1. The van der Waals surface area contributed by atoms with Gasteiger partial charge in [0.15, 0.2) is 6.61 Å². The van der Waals surface area contributed by atoms with Crippen LogP contribution in [-0.2, 0) is 4.79 Å². The molecule has 0 aromatic carbocycles. The number of hydrogen-bond donors (Lipinski definition) is 0. The molecule has 16 heavy (non-hydrogen) atoms. The number of likely N-dealkylation sites (tertiary alicyclic amines) is 1. The molecule has 0 N–H and O–H groups in total. The van der Waals surface area contributed by atoms with Gasteiger partial charge in [-0.25, -0.2) is 0 Å². The van der Waals surface area contributed by atoms with E-state index in [1.807, 2.05) is 4.90 Å².